The van der Waals surface area contributed by atoms with Gasteiger partial charge in [-0.15, -0.1) is 0 Å². The third-order valence-electron chi connectivity index (χ3n) is 3.46. The molecule has 1 saturated carbocycles. The van der Waals surface area contributed by atoms with Gasteiger partial charge in [0.25, 0.3) is 0 Å². The van der Waals surface area contributed by atoms with Crippen molar-refractivity contribution in [2.24, 2.45) is 5.92 Å². The first-order chi connectivity index (χ1) is 9.06. The van der Waals surface area contributed by atoms with Crippen LogP contribution in [-0.2, 0) is 4.74 Å². The Balaban J connectivity index is 1.95. The Labute approximate surface area is 123 Å². The minimum Gasteiger partial charge on any atom is -0.446 e. The van der Waals surface area contributed by atoms with Crippen molar-refractivity contribution in [3.05, 3.63) is 28.2 Å². The minimum absolute atomic E-state index is 0.00768. The van der Waals surface area contributed by atoms with Crippen molar-refractivity contribution in [2.45, 2.75) is 38.7 Å². The fourth-order valence-electron chi connectivity index (χ4n) is 2.33. The average molecular weight is 302 g/mol. The zero-order valence-electron chi connectivity index (χ0n) is 10.8. The Bertz CT molecular complexity index is 465. The first kappa shape index (κ1) is 14.5. The van der Waals surface area contributed by atoms with E-state index < -0.39 is 6.09 Å². The number of carbonyl (C=O) groups excluding carboxylic acids is 1. The molecule has 0 spiro atoms. The van der Waals surface area contributed by atoms with Gasteiger partial charge in [0.1, 0.15) is 6.10 Å². The average Bonchev–Trinajstić information content (AvgIpc) is 2.37. The van der Waals surface area contributed by atoms with E-state index in [1.54, 1.807) is 18.2 Å². The van der Waals surface area contributed by atoms with Crippen LogP contribution in [0, 0.1) is 5.92 Å². The van der Waals surface area contributed by atoms with Crippen LogP contribution in [0.15, 0.2) is 18.2 Å². The number of halogens is 2. The van der Waals surface area contributed by atoms with Crippen molar-refractivity contribution in [1.82, 2.24) is 0 Å². The van der Waals surface area contributed by atoms with Gasteiger partial charge in [-0.2, -0.15) is 0 Å². The molecule has 0 radical (unpaired) electrons. The van der Waals surface area contributed by atoms with Gasteiger partial charge < -0.3 is 4.74 Å². The van der Waals surface area contributed by atoms with E-state index in [2.05, 4.69) is 12.2 Å². The second kappa shape index (κ2) is 6.49. The Morgan fingerprint density at radius 2 is 2.05 bits per heavy atom. The summed E-state index contributed by atoms with van der Waals surface area (Å²) in [6, 6.07) is 4.92. The SMILES string of the molecule is C[C@@H]1CCCC[C@@H]1OC(=O)Nc1cc(Cl)ccc1Cl. The van der Waals surface area contributed by atoms with Crippen LogP contribution in [-0.4, -0.2) is 12.2 Å². The number of rotatable bonds is 2. The lowest BCUT2D eigenvalue weighted by Crippen LogP contribution is -2.30. The molecule has 1 aromatic carbocycles. The van der Waals surface area contributed by atoms with E-state index >= 15 is 0 Å². The minimum atomic E-state index is -0.470. The van der Waals surface area contributed by atoms with Crippen molar-refractivity contribution < 1.29 is 9.53 Å². The van der Waals surface area contributed by atoms with Crippen molar-refractivity contribution in [2.75, 3.05) is 5.32 Å². The first-order valence-corrected chi connectivity index (χ1v) is 7.24. The number of ether oxygens (including phenoxy) is 1. The summed E-state index contributed by atoms with van der Waals surface area (Å²) < 4.78 is 5.45. The smallest absolute Gasteiger partial charge is 0.411 e. The summed E-state index contributed by atoms with van der Waals surface area (Å²) in [5, 5.41) is 3.60. The molecule has 1 amide bonds. The van der Waals surface area contributed by atoms with Crippen LogP contribution >= 0.6 is 23.2 Å². The van der Waals surface area contributed by atoms with Crippen LogP contribution in [0.5, 0.6) is 0 Å². The van der Waals surface area contributed by atoms with Gasteiger partial charge in [0.05, 0.1) is 10.7 Å². The summed E-state index contributed by atoms with van der Waals surface area (Å²) in [5.74, 6) is 0.411. The topological polar surface area (TPSA) is 38.3 Å². The van der Waals surface area contributed by atoms with Crippen molar-refractivity contribution >= 4 is 35.0 Å². The van der Waals surface area contributed by atoms with Crippen molar-refractivity contribution in [1.29, 1.82) is 0 Å². The van der Waals surface area contributed by atoms with Crippen molar-refractivity contribution in [3.8, 4) is 0 Å². The molecule has 1 fully saturated rings. The van der Waals surface area contributed by atoms with Gasteiger partial charge in [0.15, 0.2) is 0 Å². The van der Waals surface area contributed by atoms with E-state index in [-0.39, 0.29) is 6.10 Å². The Morgan fingerprint density at radius 3 is 2.79 bits per heavy atom. The zero-order chi connectivity index (χ0) is 13.8. The van der Waals surface area contributed by atoms with E-state index in [4.69, 9.17) is 27.9 Å². The largest absolute Gasteiger partial charge is 0.446 e. The zero-order valence-corrected chi connectivity index (χ0v) is 12.3. The highest BCUT2D eigenvalue weighted by Crippen LogP contribution is 2.28. The second-order valence-electron chi connectivity index (χ2n) is 4.95. The highest BCUT2D eigenvalue weighted by molar-refractivity contribution is 6.35. The van der Waals surface area contributed by atoms with Gasteiger partial charge in [-0.3, -0.25) is 5.32 Å². The standard InChI is InChI=1S/C14H17Cl2NO2/c1-9-4-2-3-5-13(9)19-14(18)17-12-8-10(15)6-7-11(12)16/h6-9,13H,2-5H2,1H3,(H,17,18)/t9-,13+/m1/s1. The molecule has 2 atom stereocenters. The van der Waals surface area contributed by atoms with Crippen molar-refractivity contribution in [3.63, 3.8) is 0 Å². The molecule has 0 saturated heterocycles. The van der Waals surface area contributed by atoms with E-state index in [9.17, 15) is 4.79 Å². The first-order valence-electron chi connectivity index (χ1n) is 6.49. The highest BCUT2D eigenvalue weighted by Gasteiger charge is 2.24. The Hall–Kier alpha value is -0.930. The Morgan fingerprint density at radius 1 is 1.32 bits per heavy atom. The summed E-state index contributed by atoms with van der Waals surface area (Å²) in [4.78, 5) is 11.9. The quantitative estimate of drug-likeness (QED) is 0.823. The Kier molecular flexibility index (Phi) is 4.94. The summed E-state index contributed by atoms with van der Waals surface area (Å²) in [6.07, 6.45) is 3.88. The van der Waals surface area contributed by atoms with Gasteiger partial charge >= 0.3 is 6.09 Å². The lowest BCUT2D eigenvalue weighted by molar-refractivity contribution is 0.0524. The van der Waals surface area contributed by atoms with Crippen LogP contribution in [0.3, 0.4) is 0 Å². The molecule has 0 heterocycles. The molecule has 0 aliphatic heterocycles. The number of hydrogen-bond acceptors (Lipinski definition) is 2. The van der Waals surface area contributed by atoms with Gasteiger partial charge in [-0.1, -0.05) is 36.5 Å². The number of amides is 1. The third kappa shape index (κ3) is 4.02. The molecule has 1 aliphatic carbocycles. The van der Waals surface area contributed by atoms with E-state index in [1.165, 1.54) is 6.42 Å². The molecule has 3 nitrogen and oxygen atoms in total. The third-order valence-corrected chi connectivity index (χ3v) is 4.02. The summed E-state index contributed by atoms with van der Waals surface area (Å²) >= 11 is 11.8. The number of benzene rings is 1. The van der Waals surface area contributed by atoms with Gasteiger partial charge in [-0.25, -0.2) is 4.79 Å². The molecule has 2 rings (SSSR count). The van der Waals surface area contributed by atoms with Crippen LogP contribution in [0.25, 0.3) is 0 Å². The molecule has 1 aromatic rings. The molecule has 104 valence electrons. The highest BCUT2D eigenvalue weighted by atomic mass is 35.5. The normalized spacial score (nSPS) is 22.9. The lowest BCUT2D eigenvalue weighted by Gasteiger charge is -2.28. The molecule has 0 unspecified atom stereocenters. The lowest BCUT2D eigenvalue weighted by atomic mass is 9.88. The molecule has 0 aromatic heterocycles. The van der Waals surface area contributed by atoms with Gasteiger partial charge in [-0.05, 0) is 43.4 Å². The van der Waals surface area contributed by atoms with Crippen LogP contribution in [0.1, 0.15) is 32.6 Å². The van der Waals surface area contributed by atoms with Crippen LogP contribution in [0.4, 0.5) is 10.5 Å². The van der Waals surface area contributed by atoms with Gasteiger partial charge in [0, 0.05) is 5.02 Å². The van der Waals surface area contributed by atoms with Crippen LogP contribution in [0.2, 0.25) is 10.0 Å². The fourth-order valence-corrected chi connectivity index (χ4v) is 2.66. The van der Waals surface area contributed by atoms with Crippen LogP contribution < -0.4 is 5.32 Å². The molecule has 5 heteroatoms. The molecular weight excluding hydrogens is 285 g/mol. The summed E-state index contributed by atoms with van der Waals surface area (Å²) in [6.45, 7) is 2.11. The number of carbonyl (C=O) groups is 1. The van der Waals surface area contributed by atoms with E-state index in [1.807, 2.05) is 0 Å². The number of hydrogen-bond donors (Lipinski definition) is 1. The maximum atomic E-state index is 11.9. The van der Waals surface area contributed by atoms with E-state index in [0.29, 0.717) is 21.7 Å². The predicted octanol–water partition coefficient (Wildman–Crippen LogP) is 5.12. The van der Waals surface area contributed by atoms with E-state index in [0.717, 1.165) is 19.3 Å². The molecule has 0 bridgehead atoms. The molecule has 1 N–H and O–H groups in total. The summed E-state index contributed by atoms with van der Waals surface area (Å²) in [5.41, 5.74) is 0.475. The number of nitrogens with one attached hydrogen (secondary N) is 1. The monoisotopic (exact) mass is 301 g/mol. The van der Waals surface area contributed by atoms with Gasteiger partial charge in [0.2, 0.25) is 0 Å². The number of anilines is 1. The maximum absolute atomic E-state index is 11.9. The molecule has 1 aliphatic rings. The summed E-state index contributed by atoms with van der Waals surface area (Å²) in [7, 11) is 0. The second-order valence-corrected chi connectivity index (χ2v) is 5.80. The predicted molar refractivity (Wildman–Crippen MR) is 78.0 cm³/mol. The molecular formula is C14H17Cl2NO2. The fraction of sp³-hybridized carbons (Fsp3) is 0.500. The molecule has 19 heavy (non-hydrogen) atoms. The maximum Gasteiger partial charge on any atom is 0.411 e.